The van der Waals surface area contributed by atoms with Gasteiger partial charge in [-0.05, 0) is 23.8 Å². The maximum atomic E-state index is 13.9. The van der Waals surface area contributed by atoms with Crippen LogP contribution in [-0.2, 0) is 13.1 Å². The van der Waals surface area contributed by atoms with Crippen LogP contribution in [0.5, 0.6) is 5.75 Å². The van der Waals surface area contributed by atoms with E-state index in [1.807, 2.05) is 34.1 Å². The van der Waals surface area contributed by atoms with E-state index in [0.29, 0.717) is 31.7 Å². The van der Waals surface area contributed by atoms with Crippen LogP contribution in [0.4, 0.5) is 9.18 Å². The predicted molar refractivity (Wildman–Crippen MR) is 98.8 cm³/mol. The molecular weight excluding hydrogens is 347 g/mol. The smallest absolute Gasteiger partial charge is 0.320 e. The second-order valence-electron chi connectivity index (χ2n) is 7.06. The van der Waals surface area contributed by atoms with Crippen molar-refractivity contribution in [2.75, 3.05) is 33.3 Å². The number of nitrogens with zero attached hydrogens (tertiary/aromatic N) is 4. The Morgan fingerprint density at radius 2 is 1.96 bits per heavy atom. The Morgan fingerprint density at radius 3 is 2.70 bits per heavy atom. The van der Waals surface area contributed by atoms with Gasteiger partial charge in [-0.3, -0.25) is 9.88 Å². The number of pyridine rings is 1. The van der Waals surface area contributed by atoms with Crippen molar-refractivity contribution >= 4 is 6.03 Å². The summed E-state index contributed by atoms with van der Waals surface area (Å²) in [5, 5.41) is 0. The first-order valence-corrected chi connectivity index (χ1v) is 9.13. The second kappa shape index (κ2) is 7.52. The van der Waals surface area contributed by atoms with Crippen LogP contribution >= 0.6 is 0 Å². The molecule has 2 aliphatic rings. The Balaban J connectivity index is 1.38. The number of halogens is 1. The largest absolute Gasteiger partial charge is 0.497 e. The number of hydrogen-bond donors (Lipinski definition) is 0. The summed E-state index contributed by atoms with van der Waals surface area (Å²) in [6.45, 7) is 4.02. The van der Waals surface area contributed by atoms with E-state index in [4.69, 9.17) is 4.74 Å². The Bertz CT molecular complexity index is 814. The van der Waals surface area contributed by atoms with Gasteiger partial charge in [-0.25, -0.2) is 9.18 Å². The number of benzene rings is 1. The molecule has 7 heteroatoms. The average Bonchev–Trinajstić information content (AvgIpc) is 2.99. The third-order valence-corrected chi connectivity index (χ3v) is 5.30. The number of rotatable bonds is 5. The molecule has 6 nitrogen and oxygen atoms in total. The van der Waals surface area contributed by atoms with Gasteiger partial charge in [0.15, 0.2) is 0 Å². The highest BCUT2D eigenvalue weighted by atomic mass is 19.1. The third kappa shape index (κ3) is 3.73. The van der Waals surface area contributed by atoms with Crippen LogP contribution in [0.3, 0.4) is 0 Å². The lowest BCUT2D eigenvalue weighted by Crippen LogP contribution is -2.51. The highest BCUT2D eigenvalue weighted by molar-refractivity contribution is 5.77. The highest BCUT2D eigenvalue weighted by Gasteiger charge is 2.40. The van der Waals surface area contributed by atoms with Crippen molar-refractivity contribution in [2.24, 2.45) is 0 Å². The maximum absolute atomic E-state index is 13.9. The molecule has 142 valence electrons. The summed E-state index contributed by atoms with van der Waals surface area (Å²) in [5.41, 5.74) is 1.73. The Hall–Kier alpha value is -2.67. The molecule has 1 atom stereocenters. The minimum Gasteiger partial charge on any atom is -0.497 e. The van der Waals surface area contributed by atoms with E-state index in [1.165, 1.54) is 6.20 Å². The van der Waals surface area contributed by atoms with Crippen molar-refractivity contribution < 1.29 is 13.9 Å². The van der Waals surface area contributed by atoms with Gasteiger partial charge in [-0.1, -0.05) is 12.1 Å². The molecule has 0 unspecified atom stereocenters. The van der Waals surface area contributed by atoms with E-state index in [9.17, 15) is 9.18 Å². The molecule has 0 aliphatic carbocycles. The Labute approximate surface area is 158 Å². The van der Waals surface area contributed by atoms with Crippen molar-refractivity contribution in [3.05, 3.63) is 59.7 Å². The van der Waals surface area contributed by atoms with E-state index in [2.05, 4.69) is 9.88 Å². The molecule has 1 aromatic heterocycles. The van der Waals surface area contributed by atoms with E-state index in [1.54, 1.807) is 19.4 Å². The van der Waals surface area contributed by atoms with Crippen molar-refractivity contribution in [3.63, 3.8) is 0 Å². The fourth-order valence-electron chi connectivity index (χ4n) is 3.84. The number of methoxy groups -OCH3 is 1. The number of piperazine rings is 1. The van der Waals surface area contributed by atoms with Gasteiger partial charge in [0.1, 0.15) is 11.6 Å². The molecule has 2 fully saturated rings. The predicted octanol–water partition coefficient (Wildman–Crippen LogP) is 2.35. The zero-order valence-electron chi connectivity index (χ0n) is 15.3. The third-order valence-electron chi connectivity index (χ3n) is 5.30. The van der Waals surface area contributed by atoms with Crippen molar-refractivity contribution in [2.45, 2.75) is 19.1 Å². The van der Waals surface area contributed by atoms with Crippen molar-refractivity contribution in [1.29, 1.82) is 0 Å². The van der Waals surface area contributed by atoms with E-state index < -0.39 is 0 Å². The number of urea groups is 1. The summed E-state index contributed by atoms with van der Waals surface area (Å²) < 4.78 is 19.0. The number of amides is 2. The van der Waals surface area contributed by atoms with Crippen LogP contribution in [-0.4, -0.2) is 65.0 Å². The summed E-state index contributed by atoms with van der Waals surface area (Å²) in [5.74, 6) is 0.534. The zero-order chi connectivity index (χ0) is 18.8. The van der Waals surface area contributed by atoms with Crippen LogP contribution < -0.4 is 4.74 Å². The minimum atomic E-state index is -0.274. The van der Waals surface area contributed by atoms with Gasteiger partial charge >= 0.3 is 6.03 Å². The molecule has 0 spiro atoms. The molecule has 1 aromatic carbocycles. The van der Waals surface area contributed by atoms with Gasteiger partial charge in [0.2, 0.25) is 0 Å². The summed E-state index contributed by atoms with van der Waals surface area (Å²) >= 11 is 0. The fraction of sp³-hybridized carbons (Fsp3) is 0.400. The minimum absolute atomic E-state index is 0.0885. The lowest BCUT2D eigenvalue weighted by atomic mass is 10.1. The quantitative estimate of drug-likeness (QED) is 0.811. The zero-order valence-corrected chi connectivity index (χ0v) is 15.3. The summed E-state index contributed by atoms with van der Waals surface area (Å²) in [6, 6.07) is 9.75. The lowest BCUT2D eigenvalue weighted by Gasteiger charge is -2.36. The molecule has 2 aromatic rings. The fourth-order valence-corrected chi connectivity index (χ4v) is 3.84. The van der Waals surface area contributed by atoms with Gasteiger partial charge in [0.05, 0.1) is 19.3 Å². The first-order valence-electron chi connectivity index (χ1n) is 9.13. The second-order valence-corrected chi connectivity index (χ2v) is 7.06. The molecular formula is C20H23FN4O2. The van der Waals surface area contributed by atoms with Crippen LogP contribution in [0.15, 0.2) is 42.7 Å². The summed E-state index contributed by atoms with van der Waals surface area (Å²) in [6.07, 6.45) is 2.87. The topological polar surface area (TPSA) is 48.9 Å². The van der Waals surface area contributed by atoms with E-state index in [0.717, 1.165) is 24.4 Å². The SMILES string of the molecule is COc1ccc(CN2C[C@H]3CN(Cc4ccncc4F)CCN3C2=O)cc1. The number of carbonyl (C=O) groups excluding carboxylic acids is 1. The molecule has 2 saturated heterocycles. The Morgan fingerprint density at radius 1 is 1.15 bits per heavy atom. The molecule has 0 bridgehead atoms. The molecule has 0 saturated carbocycles. The lowest BCUT2D eigenvalue weighted by molar-refractivity contribution is 0.115. The molecule has 4 rings (SSSR count). The van der Waals surface area contributed by atoms with Gasteiger partial charge in [0.25, 0.3) is 0 Å². The first kappa shape index (κ1) is 17.7. The summed E-state index contributed by atoms with van der Waals surface area (Å²) in [7, 11) is 1.64. The monoisotopic (exact) mass is 370 g/mol. The van der Waals surface area contributed by atoms with Gasteiger partial charge in [-0.2, -0.15) is 0 Å². The van der Waals surface area contributed by atoms with Crippen LogP contribution in [0.2, 0.25) is 0 Å². The van der Waals surface area contributed by atoms with E-state index >= 15 is 0 Å². The van der Waals surface area contributed by atoms with Crippen molar-refractivity contribution in [1.82, 2.24) is 19.7 Å². The maximum Gasteiger partial charge on any atom is 0.320 e. The molecule has 2 aliphatic heterocycles. The van der Waals surface area contributed by atoms with Crippen LogP contribution in [0.1, 0.15) is 11.1 Å². The number of carbonyl (C=O) groups is 1. The summed E-state index contributed by atoms with van der Waals surface area (Å²) in [4.78, 5) is 22.6. The molecule has 0 radical (unpaired) electrons. The van der Waals surface area contributed by atoms with Gasteiger partial charge in [-0.15, -0.1) is 0 Å². The number of ether oxygens (including phenoxy) is 1. The van der Waals surface area contributed by atoms with Crippen LogP contribution in [0, 0.1) is 5.82 Å². The highest BCUT2D eigenvalue weighted by Crippen LogP contribution is 2.24. The normalized spacial score (nSPS) is 20.1. The van der Waals surface area contributed by atoms with Gasteiger partial charge in [0, 0.05) is 51.0 Å². The molecule has 2 amide bonds. The Kier molecular flexibility index (Phi) is 4.94. The van der Waals surface area contributed by atoms with Crippen molar-refractivity contribution in [3.8, 4) is 5.75 Å². The van der Waals surface area contributed by atoms with E-state index in [-0.39, 0.29) is 17.9 Å². The molecule has 0 N–H and O–H groups in total. The number of fused-ring (bicyclic) bond motifs is 1. The van der Waals surface area contributed by atoms with Crippen LogP contribution in [0.25, 0.3) is 0 Å². The molecule has 27 heavy (non-hydrogen) atoms. The standard InChI is InChI=1S/C20H23FN4O2/c1-27-18-4-2-15(3-5-18)11-24-14-17-13-23(8-9-25(17)20(24)26)12-16-6-7-22-10-19(16)21/h2-7,10,17H,8-9,11-14H2,1H3/t17-/m1/s1. The number of hydrogen-bond acceptors (Lipinski definition) is 4. The average molecular weight is 370 g/mol. The first-order chi connectivity index (χ1) is 13.1. The number of aromatic nitrogens is 1. The van der Waals surface area contributed by atoms with Gasteiger partial charge < -0.3 is 14.5 Å². The molecule has 3 heterocycles.